The lowest BCUT2D eigenvalue weighted by Crippen LogP contribution is -2.32. The first-order valence-electron chi connectivity index (χ1n) is 6.19. The third-order valence-corrected chi connectivity index (χ3v) is 3.07. The van der Waals surface area contributed by atoms with Crippen LogP contribution in [0.2, 0.25) is 0 Å². The van der Waals surface area contributed by atoms with E-state index in [-0.39, 0.29) is 12.5 Å². The average Bonchev–Trinajstić information content (AvgIpc) is 2.92. The Morgan fingerprint density at radius 1 is 1.25 bits per heavy atom. The Morgan fingerprint density at radius 2 is 1.95 bits per heavy atom. The molecule has 8 nitrogen and oxygen atoms in total. The zero-order valence-electron chi connectivity index (χ0n) is 10.7. The van der Waals surface area contributed by atoms with E-state index >= 15 is 0 Å². The van der Waals surface area contributed by atoms with Gasteiger partial charge in [0.2, 0.25) is 6.79 Å². The Morgan fingerprint density at radius 3 is 2.65 bits per heavy atom. The lowest BCUT2D eigenvalue weighted by molar-refractivity contribution is -0.385. The van der Waals surface area contributed by atoms with Gasteiger partial charge in [-0.25, -0.2) is 0 Å². The van der Waals surface area contributed by atoms with E-state index in [1.54, 1.807) is 6.07 Å². The van der Waals surface area contributed by atoms with Crippen LogP contribution in [0.5, 0.6) is 11.5 Å². The van der Waals surface area contributed by atoms with Crippen LogP contribution in [0, 0.1) is 10.1 Å². The van der Waals surface area contributed by atoms with Crippen molar-refractivity contribution >= 4 is 11.9 Å². The maximum atomic E-state index is 11.1. The number of nitro groups is 1. The fourth-order valence-corrected chi connectivity index (χ4v) is 2.02. The number of nitrogens with zero attached hydrogens (tertiary/aromatic N) is 3. The number of hydrogen-bond donors (Lipinski definition) is 0. The highest BCUT2D eigenvalue weighted by atomic mass is 16.7. The van der Waals surface area contributed by atoms with Gasteiger partial charge < -0.3 is 14.2 Å². The van der Waals surface area contributed by atoms with Crippen LogP contribution < -0.4 is 9.47 Å². The van der Waals surface area contributed by atoms with Gasteiger partial charge in [-0.2, -0.15) is 5.10 Å². The minimum Gasteiger partial charge on any atom is -0.454 e. The van der Waals surface area contributed by atoms with E-state index in [9.17, 15) is 10.1 Å². The molecule has 0 bridgehead atoms. The molecular weight excluding hydrogens is 266 g/mol. The van der Waals surface area contributed by atoms with Crippen molar-refractivity contribution in [2.24, 2.45) is 5.10 Å². The Balaban J connectivity index is 1.87. The zero-order valence-corrected chi connectivity index (χ0v) is 10.7. The summed E-state index contributed by atoms with van der Waals surface area (Å²) in [5, 5.41) is 17.2. The largest absolute Gasteiger partial charge is 0.454 e. The monoisotopic (exact) mass is 279 g/mol. The fourth-order valence-electron chi connectivity index (χ4n) is 2.02. The summed E-state index contributed by atoms with van der Waals surface area (Å²) in [6.07, 6.45) is 1.48. The number of fused-ring (bicyclic) bond motifs is 1. The predicted molar refractivity (Wildman–Crippen MR) is 69.2 cm³/mol. The molecule has 0 unspecified atom stereocenters. The molecule has 20 heavy (non-hydrogen) atoms. The van der Waals surface area contributed by atoms with Crippen molar-refractivity contribution in [3.8, 4) is 11.5 Å². The summed E-state index contributed by atoms with van der Waals surface area (Å²) in [5.74, 6) is 0.888. The summed E-state index contributed by atoms with van der Waals surface area (Å²) in [6, 6.07) is 2.94. The summed E-state index contributed by atoms with van der Waals surface area (Å²) in [6.45, 7) is 2.65. The highest BCUT2D eigenvalue weighted by Crippen LogP contribution is 2.37. The number of hydrazone groups is 1. The second-order valence-corrected chi connectivity index (χ2v) is 4.33. The quantitative estimate of drug-likeness (QED) is 0.466. The highest BCUT2D eigenvalue weighted by Gasteiger charge is 2.22. The lowest BCUT2D eigenvalue weighted by Gasteiger charge is -2.23. The Labute approximate surface area is 114 Å². The minimum atomic E-state index is -0.456. The first kappa shape index (κ1) is 12.7. The molecule has 2 aliphatic rings. The highest BCUT2D eigenvalue weighted by molar-refractivity contribution is 5.87. The van der Waals surface area contributed by atoms with Gasteiger partial charge in [-0.1, -0.05) is 0 Å². The molecule has 1 saturated heterocycles. The van der Waals surface area contributed by atoms with Crippen LogP contribution >= 0.6 is 0 Å². The first-order valence-corrected chi connectivity index (χ1v) is 6.19. The van der Waals surface area contributed by atoms with Crippen LogP contribution in [0.25, 0.3) is 0 Å². The van der Waals surface area contributed by atoms with E-state index in [1.807, 2.05) is 5.01 Å². The molecule has 1 aromatic carbocycles. The van der Waals surface area contributed by atoms with Gasteiger partial charge in [0.25, 0.3) is 5.69 Å². The number of ether oxygens (including phenoxy) is 3. The predicted octanol–water partition coefficient (Wildman–Crippen LogP) is 0.990. The molecule has 0 N–H and O–H groups in total. The van der Waals surface area contributed by atoms with Gasteiger partial charge in [0.05, 0.1) is 49.1 Å². The van der Waals surface area contributed by atoms with Crippen molar-refractivity contribution in [2.75, 3.05) is 33.1 Å². The van der Waals surface area contributed by atoms with Crippen molar-refractivity contribution < 1.29 is 19.1 Å². The Bertz CT molecular complexity index is 554. The number of benzene rings is 1. The molecule has 1 aromatic rings. The molecule has 0 spiro atoms. The Kier molecular flexibility index (Phi) is 3.38. The topological polar surface area (TPSA) is 86.4 Å². The molecule has 0 atom stereocenters. The molecule has 0 radical (unpaired) electrons. The van der Waals surface area contributed by atoms with Gasteiger partial charge in [0.1, 0.15) is 0 Å². The summed E-state index contributed by atoms with van der Waals surface area (Å²) in [7, 11) is 0. The third kappa shape index (κ3) is 2.50. The number of rotatable bonds is 3. The van der Waals surface area contributed by atoms with E-state index in [4.69, 9.17) is 14.2 Å². The molecule has 0 aliphatic carbocycles. The van der Waals surface area contributed by atoms with Gasteiger partial charge in [-0.15, -0.1) is 0 Å². The van der Waals surface area contributed by atoms with Crippen molar-refractivity contribution in [3.63, 3.8) is 0 Å². The lowest BCUT2D eigenvalue weighted by atomic mass is 10.1. The molecule has 1 fully saturated rings. The Hall–Kier alpha value is -2.35. The maximum absolute atomic E-state index is 11.1. The molecule has 0 aromatic heterocycles. The minimum absolute atomic E-state index is 0.0498. The number of nitro benzene ring substituents is 1. The van der Waals surface area contributed by atoms with Crippen molar-refractivity contribution in [1.82, 2.24) is 5.01 Å². The molecule has 8 heteroatoms. The van der Waals surface area contributed by atoms with Crippen LogP contribution in [-0.2, 0) is 4.74 Å². The molecule has 3 rings (SSSR count). The van der Waals surface area contributed by atoms with Crippen LogP contribution in [-0.4, -0.2) is 49.2 Å². The van der Waals surface area contributed by atoms with E-state index in [0.717, 1.165) is 0 Å². The SMILES string of the molecule is O=[N+]([O-])c1cc2c(cc1/C=N/N1CCOCC1)OCO2. The standard InChI is InChI=1S/C12H13N3O5/c16-15(17)10-6-12-11(19-8-20-12)5-9(10)7-13-14-1-3-18-4-2-14/h5-7H,1-4,8H2/b13-7+. The molecule has 0 saturated carbocycles. The summed E-state index contributed by atoms with van der Waals surface area (Å²) in [5.41, 5.74) is 0.344. The third-order valence-electron chi connectivity index (χ3n) is 3.07. The van der Waals surface area contributed by atoms with Gasteiger partial charge in [0, 0.05) is 0 Å². The van der Waals surface area contributed by atoms with Gasteiger partial charge in [0.15, 0.2) is 11.5 Å². The van der Waals surface area contributed by atoms with Crippen LogP contribution in [0.15, 0.2) is 17.2 Å². The van der Waals surface area contributed by atoms with Crippen molar-refractivity contribution in [3.05, 3.63) is 27.8 Å². The number of morpholine rings is 1. The summed E-state index contributed by atoms with van der Waals surface area (Å²) in [4.78, 5) is 10.6. The summed E-state index contributed by atoms with van der Waals surface area (Å²) >= 11 is 0. The molecule has 2 heterocycles. The maximum Gasteiger partial charge on any atom is 0.282 e. The molecule has 0 amide bonds. The summed E-state index contributed by atoms with van der Waals surface area (Å²) < 4.78 is 15.6. The van der Waals surface area contributed by atoms with Crippen LogP contribution in [0.3, 0.4) is 0 Å². The molecular formula is C12H13N3O5. The molecule has 2 aliphatic heterocycles. The molecule has 106 valence electrons. The van der Waals surface area contributed by atoms with Crippen molar-refractivity contribution in [1.29, 1.82) is 0 Å². The second kappa shape index (κ2) is 5.33. The number of hydrogen-bond acceptors (Lipinski definition) is 7. The van der Waals surface area contributed by atoms with Crippen molar-refractivity contribution in [2.45, 2.75) is 0 Å². The van der Waals surface area contributed by atoms with Crippen LogP contribution in [0.1, 0.15) is 5.56 Å². The van der Waals surface area contributed by atoms with Gasteiger partial charge >= 0.3 is 0 Å². The van der Waals surface area contributed by atoms with E-state index in [1.165, 1.54) is 12.3 Å². The first-order chi connectivity index (χ1) is 9.74. The van der Waals surface area contributed by atoms with Gasteiger partial charge in [-0.3, -0.25) is 15.1 Å². The van der Waals surface area contributed by atoms with E-state index < -0.39 is 4.92 Å². The zero-order chi connectivity index (χ0) is 13.9. The normalized spacial score (nSPS) is 17.7. The smallest absolute Gasteiger partial charge is 0.282 e. The second-order valence-electron chi connectivity index (χ2n) is 4.33. The van der Waals surface area contributed by atoms with E-state index in [2.05, 4.69) is 5.10 Å². The van der Waals surface area contributed by atoms with Crippen LogP contribution in [0.4, 0.5) is 5.69 Å². The van der Waals surface area contributed by atoms with E-state index in [0.29, 0.717) is 43.4 Å². The van der Waals surface area contributed by atoms with Gasteiger partial charge in [-0.05, 0) is 6.07 Å². The fraction of sp³-hybridized carbons (Fsp3) is 0.417. The average molecular weight is 279 g/mol.